The number of benzene rings is 1. The van der Waals surface area contributed by atoms with Crippen molar-refractivity contribution in [2.45, 2.75) is 6.18 Å². The highest BCUT2D eigenvalue weighted by molar-refractivity contribution is 9.10. The second-order valence-electron chi connectivity index (χ2n) is 4.19. The molecular formula is C12H10BrF4NO2. The fourth-order valence-electron chi connectivity index (χ4n) is 1.89. The molecule has 1 aromatic carbocycles. The summed E-state index contributed by atoms with van der Waals surface area (Å²) in [5, 5.41) is 0. The monoisotopic (exact) mass is 355 g/mol. The molecule has 1 fully saturated rings. The van der Waals surface area contributed by atoms with Gasteiger partial charge in [0.1, 0.15) is 5.82 Å². The van der Waals surface area contributed by atoms with Gasteiger partial charge >= 0.3 is 6.18 Å². The van der Waals surface area contributed by atoms with Crippen LogP contribution in [-0.4, -0.2) is 37.1 Å². The van der Waals surface area contributed by atoms with E-state index in [1.165, 1.54) is 4.90 Å². The molecule has 1 saturated heterocycles. The van der Waals surface area contributed by atoms with Crippen LogP contribution in [0, 0.1) is 5.82 Å². The molecule has 0 bridgehead atoms. The maximum Gasteiger partial charge on any atom is 0.417 e. The number of morpholine rings is 1. The summed E-state index contributed by atoms with van der Waals surface area (Å²) in [5.74, 6) is -1.76. The number of rotatable bonds is 1. The van der Waals surface area contributed by atoms with E-state index in [2.05, 4.69) is 15.9 Å². The number of carbonyl (C=O) groups is 1. The summed E-state index contributed by atoms with van der Waals surface area (Å²) in [6.07, 6.45) is -4.66. The molecule has 1 aliphatic rings. The van der Waals surface area contributed by atoms with Gasteiger partial charge in [0, 0.05) is 17.6 Å². The Bertz CT molecular complexity index is 527. The number of carbonyl (C=O) groups excluding carboxylic acids is 1. The van der Waals surface area contributed by atoms with Gasteiger partial charge in [-0.05, 0) is 28.1 Å². The molecule has 8 heteroatoms. The number of hydrogen-bond acceptors (Lipinski definition) is 2. The van der Waals surface area contributed by atoms with Crippen molar-refractivity contribution in [1.82, 2.24) is 4.90 Å². The molecule has 20 heavy (non-hydrogen) atoms. The fraction of sp³-hybridized carbons (Fsp3) is 0.417. The van der Waals surface area contributed by atoms with Crippen LogP contribution >= 0.6 is 15.9 Å². The van der Waals surface area contributed by atoms with Crippen LogP contribution in [0.1, 0.15) is 15.9 Å². The van der Waals surface area contributed by atoms with Gasteiger partial charge in [0.25, 0.3) is 5.91 Å². The first-order valence-corrected chi connectivity index (χ1v) is 6.54. The Labute approximate surface area is 120 Å². The normalized spacial score (nSPS) is 16.4. The topological polar surface area (TPSA) is 29.5 Å². The van der Waals surface area contributed by atoms with Crippen molar-refractivity contribution >= 4 is 21.8 Å². The van der Waals surface area contributed by atoms with Gasteiger partial charge in [0.05, 0.1) is 24.3 Å². The number of alkyl halides is 3. The molecule has 110 valence electrons. The number of halogens is 5. The van der Waals surface area contributed by atoms with Crippen molar-refractivity contribution in [1.29, 1.82) is 0 Å². The molecule has 1 amide bonds. The second kappa shape index (κ2) is 5.69. The van der Waals surface area contributed by atoms with E-state index in [9.17, 15) is 22.4 Å². The van der Waals surface area contributed by atoms with Crippen molar-refractivity contribution in [2.75, 3.05) is 26.3 Å². The second-order valence-corrected chi connectivity index (χ2v) is 4.98. The summed E-state index contributed by atoms with van der Waals surface area (Å²) >= 11 is 2.70. The zero-order valence-electron chi connectivity index (χ0n) is 10.1. The average molecular weight is 356 g/mol. The Morgan fingerprint density at radius 1 is 1.25 bits per heavy atom. The summed E-state index contributed by atoms with van der Waals surface area (Å²) < 4.78 is 56.5. The molecule has 0 radical (unpaired) electrons. The van der Waals surface area contributed by atoms with Gasteiger partial charge in [-0.1, -0.05) is 0 Å². The van der Waals surface area contributed by atoms with Crippen molar-refractivity contribution in [2.24, 2.45) is 0 Å². The van der Waals surface area contributed by atoms with Crippen LogP contribution in [0.2, 0.25) is 0 Å². The molecule has 0 unspecified atom stereocenters. The van der Waals surface area contributed by atoms with E-state index < -0.39 is 33.5 Å². The van der Waals surface area contributed by atoms with Gasteiger partial charge in [-0.2, -0.15) is 13.2 Å². The van der Waals surface area contributed by atoms with Gasteiger partial charge in [0.2, 0.25) is 0 Å². The first-order chi connectivity index (χ1) is 9.32. The third kappa shape index (κ3) is 2.95. The highest BCUT2D eigenvalue weighted by Crippen LogP contribution is 2.37. The summed E-state index contributed by atoms with van der Waals surface area (Å²) in [7, 11) is 0. The van der Waals surface area contributed by atoms with Crippen LogP contribution in [0.25, 0.3) is 0 Å². The summed E-state index contributed by atoms with van der Waals surface area (Å²) in [4.78, 5) is 13.4. The third-order valence-electron chi connectivity index (χ3n) is 2.91. The first kappa shape index (κ1) is 15.2. The number of nitrogens with zero attached hydrogens (tertiary/aromatic N) is 1. The molecule has 1 aliphatic heterocycles. The van der Waals surface area contributed by atoms with E-state index in [4.69, 9.17) is 4.74 Å². The van der Waals surface area contributed by atoms with Crippen molar-refractivity contribution in [3.05, 3.63) is 33.5 Å². The first-order valence-electron chi connectivity index (χ1n) is 5.74. The lowest BCUT2D eigenvalue weighted by Crippen LogP contribution is -2.41. The molecule has 2 rings (SSSR count). The van der Waals surface area contributed by atoms with Gasteiger partial charge in [-0.25, -0.2) is 4.39 Å². The molecule has 1 heterocycles. The number of hydrogen-bond donors (Lipinski definition) is 0. The standard InChI is InChI=1S/C12H10BrF4NO2/c13-10-7(12(15,16)17)1-2-8(14)9(10)11(19)18-3-5-20-6-4-18/h1-2H,3-6H2. The third-order valence-corrected chi connectivity index (χ3v) is 3.73. The summed E-state index contributed by atoms with van der Waals surface area (Å²) in [6, 6.07) is 1.26. The Balaban J connectivity index is 2.42. The lowest BCUT2D eigenvalue weighted by atomic mass is 10.1. The lowest BCUT2D eigenvalue weighted by molar-refractivity contribution is -0.138. The smallest absolute Gasteiger partial charge is 0.378 e. The van der Waals surface area contributed by atoms with Crippen LogP contribution in [-0.2, 0) is 10.9 Å². The molecule has 0 N–H and O–H groups in total. The van der Waals surface area contributed by atoms with Crippen molar-refractivity contribution in [3.63, 3.8) is 0 Å². The van der Waals surface area contributed by atoms with E-state index >= 15 is 0 Å². The van der Waals surface area contributed by atoms with Crippen LogP contribution < -0.4 is 0 Å². The lowest BCUT2D eigenvalue weighted by Gasteiger charge is -2.27. The van der Waals surface area contributed by atoms with Crippen molar-refractivity contribution in [3.8, 4) is 0 Å². The zero-order valence-corrected chi connectivity index (χ0v) is 11.7. The zero-order chi connectivity index (χ0) is 14.9. The van der Waals surface area contributed by atoms with E-state index in [1.807, 2.05) is 0 Å². The molecule has 0 aromatic heterocycles. The molecular weight excluding hydrogens is 346 g/mol. The molecule has 0 atom stereocenters. The van der Waals surface area contributed by atoms with Gasteiger partial charge in [0.15, 0.2) is 0 Å². The quantitative estimate of drug-likeness (QED) is 0.724. The highest BCUT2D eigenvalue weighted by Gasteiger charge is 2.36. The van der Waals surface area contributed by atoms with Crippen LogP contribution in [0.4, 0.5) is 17.6 Å². The number of ether oxygens (including phenoxy) is 1. The average Bonchev–Trinajstić information content (AvgIpc) is 2.38. The Kier molecular flexibility index (Phi) is 4.33. The molecule has 0 saturated carbocycles. The van der Waals surface area contributed by atoms with Crippen molar-refractivity contribution < 1.29 is 27.1 Å². The minimum Gasteiger partial charge on any atom is -0.378 e. The van der Waals surface area contributed by atoms with E-state index in [0.29, 0.717) is 12.1 Å². The summed E-state index contributed by atoms with van der Waals surface area (Å²) in [6.45, 7) is 1.01. The predicted molar refractivity (Wildman–Crippen MR) is 65.8 cm³/mol. The molecule has 3 nitrogen and oxygen atoms in total. The minimum atomic E-state index is -4.66. The molecule has 1 aromatic rings. The van der Waals surface area contributed by atoms with E-state index in [0.717, 1.165) is 0 Å². The SMILES string of the molecule is O=C(c1c(F)ccc(C(F)(F)F)c1Br)N1CCOCC1. The largest absolute Gasteiger partial charge is 0.417 e. The fourth-order valence-corrected chi connectivity index (χ4v) is 2.61. The van der Waals surface area contributed by atoms with Crippen LogP contribution in [0.3, 0.4) is 0 Å². The Morgan fingerprint density at radius 2 is 1.85 bits per heavy atom. The maximum atomic E-state index is 13.7. The Hall–Kier alpha value is -1.15. The predicted octanol–water partition coefficient (Wildman–Crippen LogP) is 3.08. The summed E-state index contributed by atoms with van der Waals surface area (Å²) in [5.41, 5.74) is -1.67. The van der Waals surface area contributed by atoms with Crippen LogP contribution in [0.5, 0.6) is 0 Å². The maximum absolute atomic E-state index is 13.7. The van der Waals surface area contributed by atoms with Gasteiger partial charge in [-0.15, -0.1) is 0 Å². The Morgan fingerprint density at radius 3 is 2.40 bits per heavy atom. The van der Waals surface area contributed by atoms with Gasteiger partial charge < -0.3 is 9.64 Å². The highest BCUT2D eigenvalue weighted by atomic mass is 79.9. The number of amides is 1. The minimum absolute atomic E-state index is 0.223. The van der Waals surface area contributed by atoms with Gasteiger partial charge in [-0.3, -0.25) is 4.79 Å². The molecule has 0 spiro atoms. The molecule has 0 aliphatic carbocycles. The van der Waals surface area contributed by atoms with E-state index in [1.54, 1.807) is 0 Å². The van der Waals surface area contributed by atoms with E-state index in [-0.39, 0.29) is 26.3 Å². The van der Waals surface area contributed by atoms with Crippen LogP contribution in [0.15, 0.2) is 16.6 Å².